The highest BCUT2D eigenvalue weighted by molar-refractivity contribution is 5.93. The van der Waals surface area contributed by atoms with Crippen LogP contribution in [-0.4, -0.2) is 53.5 Å². The van der Waals surface area contributed by atoms with E-state index in [1.54, 1.807) is 12.0 Å². The van der Waals surface area contributed by atoms with E-state index < -0.39 is 6.10 Å². The number of benzene rings is 1. The zero-order valence-electron chi connectivity index (χ0n) is 13.4. The van der Waals surface area contributed by atoms with Gasteiger partial charge in [0.15, 0.2) is 0 Å². The molecular weight excluding hydrogens is 294 g/mol. The Morgan fingerprint density at radius 3 is 3.09 bits per heavy atom. The third kappa shape index (κ3) is 3.65. The van der Waals surface area contributed by atoms with Crippen LogP contribution in [0.1, 0.15) is 12.8 Å². The number of nitrogens with zero attached hydrogens (tertiary/aromatic N) is 2. The van der Waals surface area contributed by atoms with Crippen LogP contribution in [0.15, 0.2) is 30.5 Å². The van der Waals surface area contributed by atoms with E-state index in [4.69, 9.17) is 4.74 Å². The fourth-order valence-electron chi connectivity index (χ4n) is 3.00. The van der Waals surface area contributed by atoms with Gasteiger partial charge in [0.1, 0.15) is 0 Å². The normalized spacial score (nSPS) is 18.3. The van der Waals surface area contributed by atoms with Crippen molar-refractivity contribution in [3.05, 3.63) is 30.5 Å². The number of hydrogen-bond donors (Lipinski definition) is 2. The molecule has 0 spiro atoms. The molecule has 124 valence electrons. The van der Waals surface area contributed by atoms with Gasteiger partial charge in [0.25, 0.3) is 0 Å². The van der Waals surface area contributed by atoms with Gasteiger partial charge in [-0.3, -0.25) is 0 Å². The summed E-state index contributed by atoms with van der Waals surface area (Å²) in [5.74, 6) is 0. The number of aliphatic hydroxyl groups excluding tert-OH is 1. The summed E-state index contributed by atoms with van der Waals surface area (Å²) in [5.41, 5.74) is 1.89. The smallest absolute Gasteiger partial charge is 0.321 e. The molecule has 1 fully saturated rings. The number of urea groups is 1. The standard InChI is InChI=1S/C17H23N3O3/c1-23-10-9-19-8-6-13-11-14(4-5-16(13)19)18-17(22)20-7-2-3-15(21)12-20/h4-6,8,11,15,21H,2-3,7,9-10,12H2,1H3,(H,18,22)/t15-/m0/s1. The van der Waals surface area contributed by atoms with Crippen LogP contribution in [0.4, 0.5) is 10.5 Å². The SMILES string of the molecule is COCCn1ccc2cc(NC(=O)N3CCC[C@H](O)C3)ccc21. The number of amides is 2. The molecule has 6 nitrogen and oxygen atoms in total. The molecule has 6 heteroatoms. The number of carbonyl (C=O) groups excluding carboxylic acids is 1. The number of aromatic nitrogens is 1. The summed E-state index contributed by atoms with van der Waals surface area (Å²) in [5, 5.41) is 13.7. The van der Waals surface area contributed by atoms with Crippen LogP contribution in [0.2, 0.25) is 0 Å². The number of fused-ring (bicyclic) bond motifs is 1. The maximum Gasteiger partial charge on any atom is 0.321 e. The number of hydrogen-bond acceptors (Lipinski definition) is 3. The number of piperidine rings is 1. The first kappa shape index (κ1) is 15.8. The number of aliphatic hydroxyl groups is 1. The lowest BCUT2D eigenvalue weighted by Crippen LogP contribution is -2.44. The number of ether oxygens (including phenoxy) is 1. The van der Waals surface area contributed by atoms with Crippen LogP contribution in [0, 0.1) is 0 Å². The Labute approximate surface area is 135 Å². The van der Waals surface area contributed by atoms with Crippen LogP contribution in [0.5, 0.6) is 0 Å². The minimum absolute atomic E-state index is 0.151. The van der Waals surface area contributed by atoms with Gasteiger partial charge >= 0.3 is 6.03 Å². The molecule has 2 heterocycles. The van der Waals surface area contributed by atoms with Gasteiger partial charge in [0, 0.05) is 49.5 Å². The van der Waals surface area contributed by atoms with Crippen molar-refractivity contribution in [3.63, 3.8) is 0 Å². The molecule has 2 amide bonds. The highest BCUT2D eigenvalue weighted by Crippen LogP contribution is 2.21. The molecule has 1 aliphatic rings. The summed E-state index contributed by atoms with van der Waals surface area (Å²) in [6.45, 7) is 2.57. The largest absolute Gasteiger partial charge is 0.391 e. The average Bonchev–Trinajstić information content (AvgIpc) is 2.95. The minimum atomic E-state index is -0.410. The zero-order chi connectivity index (χ0) is 16.2. The zero-order valence-corrected chi connectivity index (χ0v) is 13.4. The topological polar surface area (TPSA) is 66.7 Å². The Balaban J connectivity index is 1.69. The molecule has 1 atom stereocenters. The third-order valence-corrected chi connectivity index (χ3v) is 4.24. The molecule has 2 N–H and O–H groups in total. The van der Waals surface area contributed by atoms with Crippen molar-refractivity contribution >= 4 is 22.6 Å². The molecule has 3 rings (SSSR count). The van der Waals surface area contributed by atoms with Crippen molar-refractivity contribution in [2.24, 2.45) is 0 Å². The summed E-state index contributed by atoms with van der Waals surface area (Å²) in [6.07, 6.45) is 3.23. The van der Waals surface area contributed by atoms with Crippen LogP contribution < -0.4 is 5.32 Å². The van der Waals surface area contributed by atoms with Crippen molar-refractivity contribution in [2.45, 2.75) is 25.5 Å². The second-order valence-corrected chi connectivity index (χ2v) is 5.95. The monoisotopic (exact) mass is 317 g/mol. The van der Waals surface area contributed by atoms with E-state index in [9.17, 15) is 9.90 Å². The second-order valence-electron chi connectivity index (χ2n) is 5.95. The first-order chi connectivity index (χ1) is 11.2. The van der Waals surface area contributed by atoms with Crippen molar-refractivity contribution in [2.75, 3.05) is 32.1 Å². The van der Waals surface area contributed by atoms with Gasteiger partial charge in [-0.15, -0.1) is 0 Å². The number of nitrogens with one attached hydrogen (secondary N) is 1. The molecule has 0 aliphatic carbocycles. The first-order valence-electron chi connectivity index (χ1n) is 7.99. The molecule has 1 saturated heterocycles. The van der Waals surface area contributed by atoms with Gasteiger partial charge in [-0.2, -0.15) is 0 Å². The molecule has 1 aliphatic heterocycles. The average molecular weight is 317 g/mol. The van der Waals surface area contributed by atoms with Gasteiger partial charge in [-0.1, -0.05) is 0 Å². The van der Waals surface area contributed by atoms with E-state index in [1.165, 1.54) is 0 Å². The van der Waals surface area contributed by atoms with E-state index in [0.29, 0.717) is 19.7 Å². The Bertz CT molecular complexity index is 683. The fourth-order valence-corrected chi connectivity index (χ4v) is 3.00. The van der Waals surface area contributed by atoms with Crippen molar-refractivity contribution in [1.29, 1.82) is 0 Å². The molecule has 23 heavy (non-hydrogen) atoms. The van der Waals surface area contributed by atoms with E-state index in [1.807, 2.05) is 30.5 Å². The van der Waals surface area contributed by atoms with Crippen LogP contribution in [0.3, 0.4) is 0 Å². The number of carbonyl (C=O) groups is 1. The lowest BCUT2D eigenvalue weighted by molar-refractivity contribution is 0.0883. The number of methoxy groups -OCH3 is 1. The number of rotatable bonds is 4. The second kappa shape index (κ2) is 7.02. The molecule has 1 aromatic heterocycles. The Morgan fingerprint density at radius 1 is 1.43 bits per heavy atom. The molecule has 0 unspecified atom stereocenters. The summed E-state index contributed by atoms with van der Waals surface area (Å²) in [7, 11) is 1.69. The van der Waals surface area contributed by atoms with E-state index in [-0.39, 0.29) is 6.03 Å². The molecule has 0 saturated carbocycles. The lowest BCUT2D eigenvalue weighted by Gasteiger charge is -2.30. The molecule has 2 aromatic rings. The van der Waals surface area contributed by atoms with Gasteiger partial charge in [0.2, 0.25) is 0 Å². The van der Waals surface area contributed by atoms with Gasteiger partial charge in [-0.25, -0.2) is 4.79 Å². The van der Waals surface area contributed by atoms with E-state index in [2.05, 4.69) is 9.88 Å². The van der Waals surface area contributed by atoms with Gasteiger partial charge in [-0.05, 0) is 37.1 Å². The molecule has 0 bridgehead atoms. The predicted molar refractivity (Wildman–Crippen MR) is 89.6 cm³/mol. The fraction of sp³-hybridized carbons (Fsp3) is 0.471. The highest BCUT2D eigenvalue weighted by Gasteiger charge is 2.22. The maximum absolute atomic E-state index is 12.3. The van der Waals surface area contributed by atoms with Crippen molar-refractivity contribution in [3.8, 4) is 0 Å². The number of anilines is 1. The Morgan fingerprint density at radius 2 is 2.30 bits per heavy atom. The van der Waals surface area contributed by atoms with Gasteiger partial charge in [0.05, 0.1) is 12.7 Å². The summed E-state index contributed by atoms with van der Waals surface area (Å²) in [4.78, 5) is 13.9. The molecule has 1 aromatic carbocycles. The minimum Gasteiger partial charge on any atom is -0.391 e. The number of likely N-dealkylation sites (tertiary alicyclic amines) is 1. The maximum atomic E-state index is 12.3. The Hall–Kier alpha value is -2.05. The molecule has 0 radical (unpaired) electrons. The molecular formula is C17H23N3O3. The lowest BCUT2D eigenvalue weighted by atomic mass is 10.1. The van der Waals surface area contributed by atoms with E-state index in [0.717, 1.165) is 36.0 Å². The van der Waals surface area contributed by atoms with Crippen LogP contribution in [-0.2, 0) is 11.3 Å². The first-order valence-corrected chi connectivity index (χ1v) is 7.99. The highest BCUT2D eigenvalue weighted by atomic mass is 16.5. The quantitative estimate of drug-likeness (QED) is 0.909. The number of β-amino-alcohol motifs (C(OH)–C–C–N with tert-alkyl or cyclic N) is 1. The van der Waals surface area contributed by atoms with E-state index >= 15 is 0 Å². The summed E-state index contributed by atoms with van der Waals surface area (Å²) in [6, 6.07) is 7.76. The summed E-state index contributed by atoms with van der Waals surface area (Å²) < 4.78 is 7.24. The predicted octanol–water partition coefficient (Wildman–Crippen LogP) is 2.28. The van der Waals surface area contributed by atoms with Crippen molar-refractivity contribution in [1.82, 2.24) is 9.47 Å². The summed E-state index contributed by atoms with van der Waals surface area (Å²) >= 11 is 0. The van der Waals surface area contributed by atoms with Gasteiger partial charge < -0.3 is 24.6 Å². The van der Waals surface area contributed by atoms with Crippen molar-refractivity contribution < 1.29 is 14.6 Å². The third-order valence-electron chi connectivity index (χ3n) is 4.24. The van der Waals surface area contributed by atoms with Crippen LogP contribution in [0.25, 0.3) is 10.9 Å². The van der Waals surface area contributed by atoms with Crippen LogP contribution >= 0.6 is 0 Å². The Kier molecular flexibility index (Phi) is 4.83.